The van der Waals surface area contributed by atoms with E-state index in [4.69, 9.17) is 0 Å². The van der Waals surface area contributed by atoms with Gasteiger partial charge in [0.05, 0.1) is 15.7 Å². The molecule has 1 aromatic heterocycles. The number of hydrogen-bond acceptors (Lipinski definition) is 4. The number of aliphatic hydroxyl groups excluding tert-OH is 1. The first-order valence-electron chi connectivity index (χ1n) is 5.76. The monoisotopic (exact) mass is 374 g/mol. The topological polar surface area (TPSA) is 45.1 Å². The third-order valence-corrected chi connectivity index (χ3v) is 4.34. The van der Waals surface area contributed by atoms with Crippen LogP contribution in [0.2, 0.25) is 0 Å². The molecule has 2 aromatic rings. The number of aromatic nitrogens is 1. The molecule has 1 aromatic carbocycles. The molecule has 0 radical (unpaired) electrons. The van der Waals surface area contributed by atoms with Gasteiger partial charge in [0, 0.05) is 12.6 Å². The smallest absolute Gasteiger partial charge is 0.107 e. The van der Waals surface area contributed by atoms with Crippen molar-refractivity contribution in [3.8, 4) is 0 Å². The van der Waals surface area contributed by atoms with E-state index in [2.05, 4.69) is 45.0 Å². The van der Waals surface area contributed by atoms with Crippen LogP contribution in [0, 0.1) is 2.88 Å². The lowest BCUT2D eigenvalue weighted by molar-refractivity contribution is 0.241. The maximum absolute atomic E-state index is 9.39. The molecule has 1 atom stereocenters. The Morgan fingerprint density at radius 3 is 2.72 bits per heavy atom. The van der Waals surface area contributed by atoms with Gasteiger partial charge in [-0.25, -0.2) is 4.98 Å². The van der Waals surface area contributed by atoms with Crippen molar-refractivity contribution < 1.29 is 5.11 Å². The zero-order chi connectivity index (χ0) is 12.8. The van der Waals surface area contributed by atoms with Crippen LogP contribution in [-0.2, 0) is 13.0 Å². The van der Waals surface area contributed by atoms with Crippen molar-refractivity contribution in [1.82, 2.24) is 10.3 Å². The number of nitrogens with zero attached hydrogens (tertiary/aromatic N) is 1. The molecule has 0 amide bonds. The second-order valence-corrected chi connectivity index (χ2v) is 7.02. The number of rotatable bonds is 6. The maximum Gasteiger partial charge on any atom is 0.107 e. The Labute approximate surface area is 124 Å². The Kier molecular flexibility index (Phi) is 5.55. The minimum absolute atomic E-state index is 0.0777. The summed E-state index contributed by atoms with van der Waals surface area (Å²) in [7, 11) is 0. The maximum atomic E-state index is 9.39. The van der Waals surface area contributed by atoms with Crippen LogP contribution >= 0.6 is 33.9 Å². The highest BCUT2D eigenvalue weighted by molar-refractivity contribution is 14.1. The molecule has 2 rings (SSSR count). The van der Waals surface area contributed by atoms with E-state index in [1.165, 1.54) is 8.45 Å². The summed E-state index contributed by atoms with van der Waals surface area (Å²) in [5.74, 6) is 0. The predicted molar refractivity (Wildman–Crippen MR) is 82.7 cm³/mol. The van der Waals surface area contributed by atoms with Crippen LogP contribution in [0.1, 0.15) is 10.6 Å². The predicted octanol–water partition coefficient (Wildman–Crippen LogP) is 2.44. The fraction of sp³-hybridized carbons (Fsp3) is 0.308. The van der Waals surface area contributed by atoms with E-state index in [-0.39, 0.29) is 12.6 Å². The Hall–Kier alpha value is -0.500. The van der Waals surface area contributed by atoms with Crippen LogP contribution in [0.15, 0.2) is 36.5 Å². The van der Waals surface area contributed by atoms with Crippen LogP contribution in [0.5, 0.6) is 0 Å². The summed E-state index contributed by atoms with van der Waals surface area (Å²) in [4.78, 5) is 4.30. The van der Waals surface area contributed by atoms with Gasteiger partial charge in [0.25, 0.3) is 0 Å². The van der Waals surface area contributed by atoms with E-state index in [9.17, 15) is 5.11 Å². The number of halogens is 1. The lowest BCUT2D eigenvalue weighted by Gasteiger charge is -2.15. The number of benzene rings is 1. The fourth-order valence-corrected chi connectivity index (χ4v) is 3.19. The largest absolute Gasteiger partial charge is 0.395 e. The summed E-state index contributed by atoms with van der Waals surface area (Å²) in [5.41, 5.74) is 1.23. The van der Waals surface area contributed by atoms with E-state index in [1.54, 1.807) is 11.3 Å². The molecule has 0 bridgehead atoms. The summed E-state index contributed by atoms with van der Waals surface area (Å²) in [6.07, 6.45) is 2.70. The van der Waals surface area contributed by atoms with Crippen LogP contribution in [0.25, 0.3) is 0 Å². The molecule has 96 valence electrons. The van der Waals surface area contributed by atoms with Gasteiger partial charge in [-0.2, -0.15) is 0 Å². The van der Waals surface area contributed by atoms with Gasteiger partial charge in [0.1, 0.15) is 5.01 Å². The molecule has 2 N–H and O–H groups in total. The van der Waals surface area contributed by atoms with Crippen molar-refractivity contribution in [3.05, 3.63) is 50.0 Å². The van der Waals surface area contributed by atoms with Gasteiger partial charge in [-0.3, -0.25) is 0 Å². The summed E-state index contributed by atoms with van der Waals surface area (Å²) in [5, 5.41) is 13.8. The van der Waals surface area contributed by atoms with E-state index in [0.717, 1.165) is 11.4 Å². The first-order chi connectivity index (χ1) is 8.78. The van der Waals surface area contributed by atoms with Crippen LogP contribution < -0.4 is 5.32 Å². The quantitative estimate of drug-likeness (QED) is 0.764. The zero-order valence-electron chi connectivity index (χ0n) is 9.84. The summed E-state index contributed by atoms with van der Waals surface area (Å²) in [6, 6.07) is 10.3. The van der Waals surface area contributed by atoms with Gasteiger partial charge < -0.3 is 10.4 Å². The first kappa shape index (κ1) is 13.9. The fourth-order valence-electron chi connectivity index (χ4n) is 1.70. The molecule has 0 aliphatic carbocycles. The summed E-state index contributed by atoms with van der Waals surface area (Å²) < 4.78 is 1.19. The van der Waals surface area contributed by atoms with Gasteiger partial charge in [-0.15, -0.1) is 11.3 Å². The average molecular weight is 374 g/mol. The van der Waals surface area contributed by atoms with E-state index in [1.807, 2.05) is 24.4 Å². The lowest BCUT2D eigenvalue weighted by atomic mass is 10.1. The second kappa shape index (κ2) is 7.18. The van der Waals surface area contributed by atoms with Crippen molar-refractivity contribution in [2.45, 2.75) is 19.0 Å². The molecule has 0 saturated carbocycles. The standard InChI is InChI=1S/C13H15IN2OS/c14-12-7-16-13(18-12)8-15-11(9-17)6-10-4-2-1-3-5-10/h1-5,7,11,15,17H,6,8-9H2/t11-/m1/s1. The molecule has 0 aliphatic heterocycles. The molecule has 0 spiro atoms. The zero-order valence-corrected chi connectivity index (χ0v) is 12.8. The van der Waals surface area contributed by atoms with Crippen molar-refractivity contribution in [3.63, 3.8) is 0 Å². The third-order valence-electron chi connectivity index (χ3n) is 2.61. The number of thiazole rings is 1. The van der Waals surface area contributed by atoms with E-state index < -0.39 is 0 Å². The molecule has 18 heavy (non-hydrogen) atoms. The summed E-state index contributed by atoms with van der Waals surface area (Å²) >= 11 is 3.94. The van der Waals surface area contributed by atoms with Crippen LogP contribution in [0.4, 0.5) is 0 Å². The van der Waals surface area contributed by atoms with Gasteiger partial charge in [0.2, 0.25) is 0 Å². The Morgan fingerprint density at radius 1 is 1.33 bits per heavy atom. The molecule has 0 saturated heterocycles. The molecular formula is C13H15IN2OS. The molecule has 0 unspecified atom stereocenters. The minimum Gasteiger partial charge on any atom is -0.395 e. The number of nitrogens with one attached hydrogen (secondary N) is 1. The SMILES string of the molecule is OC[C@@H](Cc1ccccc1)NCc1ncc(I)s1. The molecule has 0 fully saturated rings. The molecule has 1 heterocycles. The van der Waals surface area contributed by atoms with Crippen molar-refractivity contribution in [2.24, 2.45) is 0 Å². The second-order valence-electron chi connectivity index (χ2n) is 4.01. The van der Waals surface area contributed by atoms with Crippen LogP contribution in [0.3, 0.4) is 0 Å². The van der Waals surface area contributed by atoms with E-state index >= 15 is 0 Å². The highest BCUT2D eigenvalue weighted by atomic mass is 127. The van der Waals surface area contributed by atoms with Gasteiger partial charge in [-0.05, 0) is 34.6 Å². The molecular weight excluding hydrogens is 359 g/mol. The lowest BCUT2D eigenvalue weighted by Crippen LogP contribution is -2.33. The minimum atomic E-state index is 0.0777. The highest BCUT2D eigenvalue weighted by Gasteiger charge is 2.09. The molecule has 3 nitrogen and oxygen atoms in total. The van der Waals surface area contributed by atoms with Gasteiger partial charge >= 0.3 is 0 Å². The Balaban J connectivity index is 1.86. The van der Waals surface area contributed by atoms with Gasteiger partial charge in [0.15, 0.2) is 0 Å². The van der Waals surface area contributed by atoms with Crippen molar-refractivity contribution in [1.29, 1.82) is 0 Å². The number of hydrogen-bond donors (Lipinski definition) is 2. The Morgan fingerprint density at radius 2 is 2.11 bits per heavy atom. The van der Waals surface area contributed by atoms with Crippen molar-refractivity contribution in [2.75, 3.05) is 6.61 Å². The Bertz CT molecular complexity index is 475. The molecule has 5 heteroatoms. The third kappa shape index (κ3) is 4.31. The average Bonchev–Trinajstić information content (AvgIpc) is 2.81. The molecule has 0 aliphatic rings. The van der Waals surface area contributed by atoms with Crippen molar-refractivity contribution >= 4 is 33.9 Å². The van der Waals surface area contributed by atoms with E-state index in [0.29, 0.717) is 6.54 Å². The van der Waals surface area contributed by atoms with Gasteiger partial charge in [-0.1, -0.05) is 30.3 Å². The summed E-state index contributed by atoms with van der Waals surface area (Å²) in [6.45, 7) is 0.850. The first-order valence-corrected chi connectivity index (χ1v) is 7.66. The highest BCUT2D eigenvalue weighted by Crippen LogP contribution is 2.14. The normalized spacial score (nSPS) is 12.6. The van der Waals surface area contributed by atoms with Crippen LogP contribution in [-0.4, -0.2) is 22.7 Å². The number of aliphatic hydroxyl groups is 1.